The van der Waals surface area contributed by atoms with Gasteiger partial charge in [0.1, 0.15) is 5.52 Å². The smallest absolute Gasteiger partial charge is 0.197 e. The maximum absolute atomic E-state index is 12.1. The molecule has 0 saturated heterocycles. The first-order valence-electron chi connectivity index (χ1n) is 5.14. The normalized spacial score (nSPS) is 12.1. The van der Waals surface area contributed by atoms with Crippen molar-refractivity contribution in [1.29, 1.82) is 0 Å². The standard InChI is InChI=1S/C10H12ClN3O2S/c1-8-7-9-10(12-4-5-14(9)13-8)17(15,16)6-2-3-11/h4-5,7H,2-3,6H2,1H3. The summed E-state index contributed by atoms with van der Waals surface area (Å²) in [5.41, 5.74) is 1.27. The Kier molecular flexibility index (Phi) is 3.35. The van der Waals surface area contributed by atoms with Crippen LogP contribution >= 0.6 is 11.6 Å². The molecule has 0 amide bonds. The van der Waals surface area contributed by atoms with E-state index in [1.165, 1.54) is 10.7 Å². The molecule has 92 valence electrons. The average Bonchev–Trinajstić information content (AvgIpc) is 2.65. The number of rotatable bonds is 4. The van der Waals surface area contributed by atoms with E-state index in [9.17, 15) is 8.42 Å². The molecular formula is C10H12ClN3O2S. The van der Waals surface area contributed by atoms with Crippen molar-refractivity contribution >= 4 is 27.0 Å². The molecule has 0 aliphatic carbocycles. The van der Waals surface area contributed by atoms with Gasteiger partial charge in [0.05, 0.1) is 11.4 Å². The Hall–Kier alpha value is -1.14. The van der Waals surface area contributed by atoms with Crippen LogP contribution in [0.2, 0.25) is 0 Å². The third-order valence-corrected chi connectivity index (χ3v) is 4.32. The molecule has 0 bridgehead atoms. The van der Waals surface area contributed by atoms with Gasteiger partial charge < -0.3 is 0 Å². The van der Waals surface area contributed by atoms with Gasteiger partial charge in [-0.1, -0.05) is 0 Å². The topological polar surface area (TPSA) is 64.3 Å². The maximum Gasteiger partial charge on any atom is 0.197 e. The molecule has 0 radical (unpaired) electrons. The zero-order valence-corrected chi connectivity index (χ0v) is 10.9. The van der Waals surface area contributed by atoms with Crippen LogP contribution in [-0.2, 0) is 9.84 Å². The van der Waals surface area contributed by atoms with Gasteiger partial charge in [0.15, 0.2) is 14.9 Å². The van der Waals surface area contributed by atoms with Crippen molar-refractivity contribution in [3.8, 4) is 0 Å². The Labute approximate surface area is 104 Å². The molecule has 2 aromatic heterocycles. The molecule has 0 unspecified atom stereocenters. The second-order valence-electron chi connectivity index (χ2n) is 3.71. The number of halogens is 1. The van der Waals surface area contributed by atoms with E-state index in [1.807, 2.05) is 6.92 Å². The fraction of sp³-hybridized carbons (Fsp3) is 0.400. The van der Waals surface area contributed by atoms with Gasteiger partial charge >= 0.3 is 0 Å². The highest BCUT2D eigenvalue weighted by molar-refractivity contribution is 7.91. The molecule has 17 heavy (non-hydrogen) atoms. The summed E-state index contributed by atoms with van der Waals surface area (Å²) in [4.78, 5) is 3.95. The van der Waals surface area contributed by atoms with E-state index >= 15 is 0 Å². The summed E-state index contributed by atoms with van der Waals surface area (Å²) in [5.74, 6) is 0.327. The number of alkyl halides is 1. The maximum atomic E-state index is 12.1. The van der Waals surface area contributed by atoms with Gasteiger partial charge in [-0.05, 0) is 19.4 Å². The van der Waals surface area contributed by atoms with Crippen LogP contribution in [-0.4, -0.2) is 34.6 Å². The highest BCUT2D eigenvalue weighted by atomic mass is 35.5. The van der Waals surface area contributed by atoms with Crippen LogP contribution in [0, 0.1) is 6.92 Å². The molecule has 0 spiro atoms. The zero-order valence-electron chi connectivity index (χ0n) is 9.30. The Balaban J connectivity index is 2.55. The number of aromatic nitrogens is 3. The Morgan fingerprint density at radius 3 is 2.94 bits per heavy atom. The number of hydrogen-bond donors (Lipinski definition) is 0. The predicted octanol–water partition coefficient (Wildman–Crippen LogP) is 1.44. The molecule has 2 rings (SSSR count). The second-order valence-corrected chi connectivity index (χ2v) is 6.11. The summed E-state index contributed by atoms with van der Waals surface area (Å²) in [6.07, 6.45) is 3.48. The van der Waals surface area contributed by atoms with Crippen LogP contribution < -0.4 is 0 Å². The molecule has 0 aliphatic rings. The van der Waals surface area contributed by atoms with Gasteiger partial charge in [0.2, 0.25) is 0 Å². The number of nitrogens with zero attached hydrogens (tertiary/aromatic N) is 3. The third-order valence-electron chi connectivity index (χ3n) is 2.32. The second kappa shape index (κ2) is 4.62. The molecule has 0 saturated carbocycles. The monoisotopic (exact) mass is 273 g/mol. The van der Waals surface area contributed by atoms with Crippen LogP contribution in [0.4, 0.5) is 0 Å². The van der Waals surface area contributed by atoms with Crippen molar-refractivity contribution in [3.63, 3.8) is 0 Å². The van der Waals surface area contributed by atoms with E-state index in [0.717, 1.165) is 5.69 Å². The van der Waals surface area contributed by atoms with E-state index < -0.39 is 9.84 Å². The lowest BCUT2D eigenvalue weighted by molar-refractivity contribution is 0.591. The van der Waals surface area contributed by atoms with E-state index in [0.29, 0.717) is 17.8 Å². The molecular weight excluding hydrogens is 262 g/mol. The highest BCUT2D eigenvalue weighted by Gasteiger charge is 2.19. The van der Waals surface area contributed by atoms with Crippen molar-refractivity contribution in [2.75, 3.05) is 11.6 Å². The first-order valence-corrected chi connectivity index (χ1v) is 7.33. The van der Waals surface area contributed by atoms with Gasteiger partial charge in [-0.15, -0.1) is 11.6 Å². The lowest BCUT2D eigenvalue weighted by Crippen LogP contribution is -2.11. The van der Waals surface area contributed by atoms with Gasteiger partial charge in [0, 0.05) is 18.3 Å². The van der Waals surface area contributed by atoms with E-state index in [-0.39, 0.29) is 10.8 Å². The first kappa shape index (κ1) is 12.3. The Morgan fingerprint density at radius 2 is 2.24 bits per heavy atom. The molecule has 0 fully saturated rings. The van der Waals surface area contributed by atoms with Crippen LogP contribution in [0.15, 0.2) is 23.5 Å². The summed E-state index contributed by atoms with van der Waals surface area (Å²) < 4.78 is 25.6. The van der Waals surface area contributed by atoms with E-state index in [2.05, 4.69) is 10.1 Å². The lowest BCUT2D eigenvalue weighted by atomic mass is 10.4. The minimum atomic E-state index is -3.39. The molecule has 2 heterocycles. The molecule has 0 N–H and O–H groups in total. The Morgan fingerprint density at radius 1 is 1.47 bits per heavy atom. The van der Waals surface area contributed by atoms with Gasteiger partial charge in [-0.25, -0.2) is 17.9 Å². The van der Waals surface area contributed by atoms with Crippen LogP contribution in [0.5, 0.6) is 0 Å². The molecule has 7 heteroatoms. The summed E-state index contributed by atoms with van der Waals surface area (Å²) >= 11 is 5.51. The zero-order chi connectivity index (χ0) is 12.5. The van der Waals surface area contributed by atoms with E-state index in [1.54, 1.807) is 12.3 Å². The summed E-state index contributed by atoms with van der Waals surface area (Å²) in [5, 5.41) is 4.23. The number of fused-ring (bicyclic) bond motifs is 1. The van der Waals surface area contributed by atoms with Gasteiger partial charge in [0.25, 0.3) is 0 Å². The predicted molar refractivity (Wildman–Crippen MR) is 65.1 cm³/mol. The molecule has 0 atom stereocenters. The molecule has 0 aliphatic heterocycles. The van der Waals surface area contributed by atoms with E-state index in [4.69, 9.17) is 11.6 Å². The lowest BCUT2D eigenvalue weighted by Gasteiger charge is -2.03. The summed E-state index contributed by atoms with van der Waals surface area (Å²) in [6.45, 7) is 1.81. The van der Waals surface area contributed by atoms with Crippen LogP contribution in [0.3, 0.4) is 0 Å². The average molecular weight is 274 g/mol. The van der Waals surface area contributed by atoms with Gasteiger partial charge in [-0.3, -0.25) is 0 Å². The summed E-state index contributed by atoms with van der Waals surface area (Å²) in [7, 11) is -3.39. The quantitative estimate of drug-likeness (QED) is 0.791. The van der Waals surface area contributed by atoms with Crippen molar-refractivity contribution in [1.82, 2.24) is 14.6 Å². The van der Waals surface area contributed by atoms with Crippen molar-refractivity contribution in [3.05, 3.63) is 24.2 Å². The highest BCUT2D eigenvalue weighted by Crippen LogP contribution is 2.17. The number of sulfone groups is 1. The fourth-order valence-electron chi connectivity index (χ4n) is 1.60. The minimum absolute atomic E-state index is 0.00734. The SMILES string of the molecule is Cc1cc2c(S(=O)(=O)CCCCl)nccn2n1. The molecule has 0 aromatic carbocycles. The minimum Gasteiger partial charge on any atom is -0.241 e. The third kappa shape index (κ3) is 2.42. The first-order chi connectivity index (χ1) is 8.04. The molecule has 2 aromatic rings. The van der Waals surface area contributed by atoms with Gasteiger partial charge in [-0.2, -0.15) is 5.10 Å². The van der Waals surface area contributed by atoms with Crippen molar-refractivity contribution in [2.24, 2.45) is 0 Å². The fourth-order valence-corrected chi connectivity index (χ4v) is 3.30. The Bertz CT molecular complexity index is 636. The van der Waals surface area contributed by atoms with Crippen LogP contribution in [0.1, 0.15) is 12.1 Å². The van der Waals surface area contributed by atoms with Crippen LogP contribution in [0.25, 0.3) is 5.52 Å². The number of aryl methyl sites for hydroxylation is 1. The largest absolute Gasteiger partial charge is 0.241 e. The van der Waals surface area contributed by atoms with Crippen molar-refractivity contribution < 1.29 is 8.42 Å². The molecule has 5 nitrogen and oxygen atoms in total. The summed E-state index contributed by atoms with van der Waals surface area (Å²) in [6, 6.07) is 1.71. The van der Waals surface area contributed by atoms with Crippen molar-refractivity contribution in [2.45, 2.75) is 18.4 Å². The number of hydrogen-bond acceptors (Lipinski definition) is 4.